The largest absolute Gasteiger partial charge is 0.490 e. The molecule has 1 saturated heterocycles. The normalized spacial score (nSPS) is 16.8. The first-order valence-electron chi connectivity index (χ1n) is 8.51. The molecule has 0 bridgehead atoms. The van der Waals surface area contributed by atoms with Crippen LogP contribution in [0.3, 0.4) is 0 Å². The Hall–Kier alpha value is -2.71. The lowest BCUT2D eigenvalue weighted by Crippen LogP contribution is -2.44. The number of amides is 2. The monoisotopic (exact) mass is 357 g/mol. The average molecular weight is 357 g/mol. The van der Waals surface area contributed by atoms with Crippen LogP contribution >= 0.6 is 0 Å². The van der Waals surface area contributed by atoms with E-state index < -0.39 is 6.03 Å². The highest BCUT2D eigenvalue weighted by Gasteiger charge is 2.15. The van der Waals surface area contributed by atoms with Crippen molar-refractivity contribution in [3.63, 3.8) is 0 Å². The number of aromatic nitrogens is 2. The SMILES string of the molecule is Cc1ccc(OC[C@@H]2COCCN2)c(NC(=O)Nc2cnc(C)cn2)c1. The summed E-state index contributed by atoms with van der Waals surface area (Å²) in [5.41, 5.74) is 2.40. The third-order valence-corrected chi connectivity index (χ3v) is 3.84. The van der Waals surface area contributed by atoms with Gasteiger partial charge in [0, 0.05) is 6.54 Å². The van der Waals surface area contributed by atoms with E-state index >= 15 is 0 Å². The molecule has 1 aromatic carbocycles. The number of aryl methyl sites for hydroxylation is 2. The van der Waals surface area contributed by atoms with E-state index in [-0.39, 0.29) is 6.04 Å². The van der Waals surface area contributed by atoms with Gasteiger partial charge in [0.1, 0.15) is 12.4 Å². The first-order valence-corrected chi connectivity index (χ1v) is 8.51. The number of morpholine rings is 1. The van der Waals surface area contributed by atoms with Crippen LogP contribution in [0.1, 0.15) is 11.3 Å². The number of urea groups is 1. The maximum Gasteiger partial charge on any atom is 0.324 e. The van der Waals surface area contributed by atoms with Gasteiger partial charge in [-0.2, -0.15) is 0 Å². The molecule has 8 heteroatoms. The van der Waals surface area contributed by atoms with Crippen molar-refractivity contribution in [3.05, 3.63) is 41.9 Å². The Morgan fingerprint density at radius 2 is 2.19 bits per heavy atom. The van der Waals surface area contributed by atoms with Crippen LogP contribution in [0.5, 0.6) is 5.75 Å². The number of hydrogen-bond donors (Lipinski definition) is 3. The molecule has 1 aromatic heterocycles. The van der Waals surface area contributed by atoms with E-state index in [1.54, 1.807) is 6.20 Å². The highest BCUT2D eigenvalue weighted by atomic mass is 16.5. The summed E-state index contributed by atoms with van der Waals surface area (Å²) in [6.07, 6.45) is 3.10. The Labute approximate surface area is 152 Å². The molecule has 26 heavy (non-hydrogen) atoms. The molecule has 3 N–H and O–H groups in total. The minimum absolute atomic E-state index is 0.134. The second-order valence-electron chi connectivity index (χ2n) is 6.16. The van der Waals surface area contributed by atoms with Gasteiger partial charge in [-0.15, -0.1) is 0 Å². The Bertz CT molecular complexity index is 745. The number of nitrogens with zero attached hydrogens (tertiary/aromatic N) is 2. The van der Waals surface area contributed by atoms with Crippen molar-refractivity contribution in [2.24, 2.45) is 0 Å². The number of carbonyl (C=O) groups excluding carboxylic acids is 1. The van der Waals surface area contributed by atoms with E-state index in [1.807, 2.05) is 32.0 Å². The Morgan fingerprint density at radius 1 is 1.31 bits per heavy atom. The summed E-state index contributed by atoms with van der Waals surface area (Å²) in [5.74, 6) is 0.986. The summed E-state index contributed by atoms with van der Waals surface area (Å²) in [4.78, 5) is 20.5. The van der Waals surface area contributed by atoms with Crippen LogP contribution in [0.25, 0.3) is 0 Å². The van der Waals surface area contributed by atoms with Gasteiger partial charge in [0.15, 0.2) is 5.82 Å². The van der Waals surface area contributed by atoms with Crippen LogP contribution in [0, 0.1) is 13.8 Å². The van der Waals surface area contributed by atoms with Crippen molar-refractivity contribution >= 4 is 17.5 Å². The molecule has 2 aromatic rings. The molecule has 138 valence electrons. The third kappa shape index (κ3) is 5.14. The van der Waals surface area contributed by atoms with Gasteiger partial charge in [0.2, 0.25) is 0 Å². The lowest BCUT2D eigenvalue weighted by atomic mass is 10.2. The highest BCUT2D eigenvalue weighted by Crippen LogP contribution is 2.26. The van der Waals surface area contributed by atoms with E-state index in [1.165, 1.54) is 6.20 Å². The summed E-state index contributed by atoms with van der Waals surface area (Å²) in [7, 11) is 0. The van der Waals surface area contributed by atoms with E-state index in [0.29, 0.717) is 30.5 Å². The standard InChI is InChI=1S/C18H23N5O3/c1-12-3-4-16(26-11-14-10-25-6-5-19-14)15(7-12)22-18(24)23-17-9-20-13(2)8-21-17/h3-4,7-9,14,19H,5-6,10-11H2,1-2H3,(H2,21,22,23,24)/t14-/m0/s1. The van der Waals surface area contributed by atoms with Crippen LogP contribution in [0.4, 0.5) is 16.3 Å². The highest BCUT2D eigenvalue weighted by molar-refractivity contribution is 6.00. The van der Waals surface area contributed by atoms with Crippen LogP contribution in [0.2, 0.25) is 0 Å². The van der Waals surface area contributed by atoms with Crippen molar-refractivity contribution in [3.8, 4) is 5.75 Å². The van der Waals surface area contributed by atoms with E-state index in [4.69, 9.17) is 9.47 Å². The van der Waals surface area contributed by atoms with E-state index in [0.717, 1.165) is 24.4 Å². The predicted molar refractivity (Wildman–Crippen MR) is 98.7 cm³/mol. The Kier molecular flexibility index (Phi) is 5.98. The van der Waals surface area contributed by atoms with Crippen molar-refractivity contribution in [1.82, 2.24) is 15.3 Å². The summed E-state index contributed by atoms with van der Waals surface area (Å²) in [6, 6.07) is 5.38. The number of ether oxygens (including phenoxy) is 2. The topological polar surface area (TPSA) is 97.4 Å². The molecule has 0 aliphatic carbocycles. The van der Waals surface area contributed by atoms with Gasteiger partial charge in [-0.25, -0.2) is 9.78 Å². The van der Waals surface area contributed by atoms with Gasteiger partial charge in [0.25, 0.3) is 0 Å². The fourth-order valence-electron chi connectivity index (χ4n) is 2.51. The first-order chi connectivity index (χ1) is 12.6. The zero-order valence-electron chi connectivity index (χ0n) is 14.9. The number of benzene rings is 1. The lowest BCUT2D eigenvalue weighted by Gasteiger charge is -2.24. The molecule has 0 spiro atoms. The Balaban J connectivity index is 1.62. The second kappa shape index (κ2) is 8.59. The summed E-state index contributed by atoms with van der Waals surface area (Å²) in [6.45, 7) is 6.39. The summed E-state index contributed by atoms with van der Waals surface area (Å²) >= 11 is 0. The fraction of sp³-hybridized carbons (Fsp3) is 0.389. The molecule has 0 radical (unpaired) electrons. The van der Waals surface area contributed by atoms with Crippen LogP contribution < -0.4 is 20.7 Å². The number of carbonyl (C=O) groups is 1. The molecule has 3 rings (SSSR count). The van der Waals surface area contributed by atoms with Gasteiger partial charge in [-0.3, -0.25) is 10.3 Å². The molecule has 1 atom stereocenters. The van der Waals surface area contributed by atoms with Gasteiger partial charge < -0.3 is 20.1 Å². The molecule has 8 nitrogen and oxygen atoms in total. The number of nitrogens with one attached hydrogen (secondary N) is 3. The fourth-order valence-corrected chi connectivity index (χ4v) is 2.51. The maximum absolute atomic E-state index is 12.3. The molecule has 0 unspecified atom stereocenters. The van der Waals surface area contributed by atoms with Gasteiger partial charge >= 0.3 is 6.03 Å². The smallest absolute Gasteiger partial charge is 0.324 e. The molecular weight excluding hydrogens is 334 g/mol. The van der Waals surface area contributed by atoms with Gasteiger partial charge in [-0.05, 0) is 31.5 Å². The molecule has 0 saturated carbocycles. The zero-order valence-corrected chi connectivity index (χ0v) is 14.9. The molecule has 2 heterocycles. The van der Waals surface area contributed by atoms with Crippen molar-refractivity contribution in [1.29, 1.82) is 0 Å². The Morgan fingerprint density at radius 3 is 2.92 bits per heavy atom. The number of anilines is 2. The predicted octanol–water partition coefficient (Wildman–Crippen LogP) is 2.10. The number of hydrogen-bond acceptors (Lipinski definition) is 6. The lowest BCUT2D eigenvalue weighted by molar-refractivity contribution is 0.0594. The van der Waals surface area contributed by atoms with Gasteiger partial charge in [-0.1, -0.05) is 6.07 Å². The second-order valence-corrected chi connectivity index (χ2v) is 6.16. The minimum Gasteiger partial charge on any atom is -0.490 e. The van der Waals surface area contributed by atoms with Crippen LogP contribution in [-0.2, 0) is 4.74 Å². The third-order valence-electron chi connectivity index (χ3n) is 3.84. The van der Waals surface area contributed by atoms with Crippen molar-refractivity contribution < 1.29 is 14.3 Å². The molecular formula is C18H23N5O3. The minimum atomic E-state index is -0.405. The van der Waals surface area contributed by atoms with Crippen LogP contribution in [-0.4, -0.2) is 48.4 Å². The molecule has 1 aliphatic rings. The van der Waals surface area contributed by atoms with E-state index in [2.05, 4.69) is 25.9 Å². The molecule has 2 amide bonds. The first kappa shape index (κ1) is 18.1. The van der Waals surface area contributed by atoms with Crippen molar-refractivity contribution in [2.75, 3.05) is 37.0 Å². The zero-order chi connectivity index (χ0) is 18.4. The van der Waals surface area contributed by atoms with Gasteiger partial charge in [0.05, 0.1) is 43.0 Å². The maximum atomic E-state index is 12.3. The average Bonchev–Trinajstić information content (AvgIpc) is 2.64. The van der Waals surface area contributed by atoms with Crippen molar-refractivity contribution in [2.45, 2.75) is 19.9 Å². The van der Waals surface area contributed by atoms with Crippen LogP contribution in [0.15, 0.2) is 30.6 Å². The quantitative estimate of drug-likeness (QED) is 0.758. The summed E-state index contributed by atoms with van der Waals surface area (Å²) in [5, 5.41) is 8.80. The molecule has 1 aliphatic heterocycles. The summed E-state index contributed by atoms with van der Waals surface area (Å²) < 4.78 is 11.3. The molecule has 1 fully saturated rings. The number of rotatable bonds is 5. The van der Waals surface area contributed by atoms with E-state index in [9.17, 15) is 4.79 Å².